The van der Waals surface area contributed by atoms with Gasteiger partial charge in [0.25, 0.3) is 0 Å². The van der Waals surface area contributed by atoms with Crippen LogP contribution in [-0.2, 0) is 9.59 Å². The Hall–Kier alpha value is -1.47. The van der Waals surface area contributed by atoms with Gasteiger partial charge in [-0.05, 0) is 6.92 Å². The molecule has 1 amide bonds. The lowest BCUT2D eigenvalue weighted by molar-refractivity contribution is -0.143. The van der Waals surface area contributed by atoms with Crippen molar-refractivity contribution >= 4 is 23.2 Å². The molecule has 0 aromatic carbocycles. The van der Waals surface area contributed by atoms with E-state index in [2.05, 4.69) is 10.3 Å². The molecule has 1 aliphatic heterocycles. The van der Waals surface area contributed by atoms with Crippen molar-refractivity contribution in [2.45, 2.75) is 25.4 Å². The second-order valence-corrected chi connectivity index (χ2v) is 5.14. The summed E-state index contributed by atoms with van der Waals surface area (Å²) in [5.41, 5.74) is 1.74. The summed E-state index contributed by atoms with van der Waals surface area (Å²) >= 11 is 1.51. The summed E-state index contributed by atoms with van der Waals surface area (Å²) < 4.78 is 0. The fraction of sp³-hybridized carbons (Fsp3) is 0.545. The van der Waals surface area contributed by atoms with E-state index >= 15 is 0 Å². The highest BCUT2D eigenvalue weighted by atomic mass is 32.1. The minimum atomic E-state index is -0.960. The van der Waals surface area contributed by atoms with Gasteiger partial charge in [-0.25, -0.2) is 0 Å². The maximum Gasteiger partial charge on any atom is 0.305 e. The summed E-state index contributed by atoms with van der Waals surface area (Å²) in [4.78, 5) is 29.6. The molecular weight excluding hydrogens is 254 g/mol. The molecule has 0 radical (unpaired) electrons. The molecule has 2 atom stereocenters. The Morgan fingerprint density at radius 2 is 2.56 bits per heavy atom. The molecule has 7 heteroatoms. The number of aliphatic carboxylic acids is 1. The number of carboxylic acid groups (broad SMARTS) is 1. The molecule has 2 rings (SSSR count). The van der Waals surface area contributed by atoms with Crippen molar-refractivity contribution in [3.8, 4) is 0 Å². The number of carbonyl (C=O) groups is 2. The van der Waals surface area contributed by atoms with Crippen LogP contribution in [0.25, 0.3) is 0 Å². The first-order valence-corrected chi connectivity index (χ1v) is 6.61. The molecule has 0 saturated carbocycles. The SMILES string of the molecule is CC(c1cncs1)N1CCNC(=O)C1CC(=O)O. The van der Waals surface area contributed by atoms with Gasteiger partial charge in [-0.3, -0.25) is 19.5 Å². The van der Waals surface area contributed by atoms with Gasteiger partial charge in [0.05, 0.1) is 11.9 Å². The number of rotatable bonds is 4. The molecule has 0 aliphatic carbocycles. The standard InChI is InChI=1S/C11H15N3O3S/c1-7(9-5-12-6-18-9)14-3-2-13-11(17)8(14)4-10(15)16/h5-8H,2-4H2,1H3,(H,13,17)(H,15,16). The minimum Gasteiger partial charge on any atom is -0.481 e. The summed E-state index contributed by atoms with van der Waals surface area (Å²) in [5.74, 6) is -1.17. The van der Waals surface area contributed by atoms with E-state index in [1.54, 1.807) is 11.7 Å². The van der Waals surface area contributed by atoms with E-state index in [0.717, 1.165) is 4.88 Å². The van der Waals surface area contributed by atoms with Crippen molar-refractivity contribution in [3.63, 3.8) is 0 Å². The van der Waals surface area contributed by atoms with E-state index in [4.69, 9.17) is 5.11 Å². The number of carboxylic acids is 1. The maximum absolute atomic E-state index is 11.8. The molecule has 98 valence electrons. The Morgan fingerprint density at radius 3 is 3.17 bits per heavy atom. The lowest BCUT2D eigenvalue weighted by Gasteiger charge is -2.37. The number of nitrogens with zero attached hydrogens (tertiary/aromatic N) is 2. The van der Waals surface area contributed by atoms with Crippen LogP contribution in [0.2, 0.25) is 0 Å². The number of aromatic nitrogens is 1. The molecule has 1 saturated heterocycles. The van der Waals surface area contributed by atoms with Gasteiger partial charge in [-0.15, -0.1) is 11.3 Å². The second kappa shape index (κ2) is 5.45. The molecule has 2 N–H and O–H groups in total. The highest BCUT2D eigenvalue weighted by molar-refractivity contribution is 7.09. The number of hydrogen-bond donors (Lipinski definition) is 2. The van der Waals surface area contributed by atoms with Gasteiger partial charge >= 0.3 is 5.97 Å². The summed E-state index contributed by atoms with van der Waals surface area (Å²) in [5, 5.41) is 11.6. The van der Waals surface area contributed by atoms with Crippen molar-refractivity contribution in [2.75, 3.05) is 13.1 Å². The predicted octanol–water partition coefficient (Wildman–Crippen LogP) is 0.479. The molecule has 1 aromatic heterocycles. The van der Waals surface area contributed by atoms with E-state index in [0.29, 0.717) is 13.1 Å². The zero-order valence-electron chi connectivity index (χ0n) is 10.00. The smallest absolute Gasteiger partial charge is 0.305 e. The predicted molar refractivity (Wildman–Crippen MR) is 66.3 cm³/mol. The maximum atomic E-state index is 11.8. The first-order valence-electron chi connectivity index (χ1n) is 5.73. The van der Waals surface area contributed by atoms with Gasteiger partial charge in [0, 0.05) is 30.2 Å². The largest absolute Gasteiger partial charge is 0.481 e. The Bertz CT molecular complexity index is 435. The van der Waals surface area contributed by atoms with Gasteiger partial charge < -0.3 is 10.4 Å². The van der Waals surface area contributed by atoms with Crippen LogP contribution in [0.15, 0.2) is 11.7 Å². The van der Waals surface area contributed by atoms with E-state index in [9.17, 15) is 9.59 Å². The van der Waals surface area contributed by atoms with Crippen molar-refractivity contribution in [2.24, 2.45) is 0 Å². The third-order valence-electron chi connectivity index (χ3n) is 3.10. The number of piperazine rings is 1. The van der Waals surface area contributed by atoms with Gasteiger partial charge in [-0.1, -0.05) is 0 Å². The lowest BCUT2D eigenvalue weighted by Crippen LogP contribution is -2.56. The average molecular weight is 269 g/mol. The molecule has 0 bridgehead atoms. The van der Waals surface area contributed by atoms with Crippen molar-refractivity contribution in [3.05, 3.63) is 16.6 Å². The molecular formula is C11H15N3O3S. The third-order valence-corrected chi connectivity index (χ3v) is 4.05. The van der Waals surface area contributed by atoms with Gasteiger partial charge in [-0.2, -0.15) is 0 Å². The first kappa shape index (κ1) is 13.0. The van der Waals surface area contributed by atoms with Gasteiger partial charge in [0.15, 0.2) is 0 Å². The number of amides is 1. The normalized spacial score (nSPS) is 22.5. The van der Waals surface area contributed by atoms with Crippen molar-refractivity contribution in [1.82, 2.24) is 15.2 Å². The molecule has 0 spiro atoms. The Morgan fingerprint density at radius 1 is 1.78 bits per heavy atom. The van der Waals surface area contributed by atoms with Crippen LogP contribution in [0.5, 0.6) is 0 Å². The Kier molecular flexibility index (Phi) is 3.93. The van der Waals surface area contributed by atoms with E-state index in [-0.39, 0.29) is 18.4 Å². The summed E-state index contributed by atoms with van der Waals surface area (Å²) in [6, 6.07) is -0.596. The van der Waals surface area contributed by atoms with E-state index < -0.39 is 12.0 Å². The van der Waals surface area contributed by atoms with E-state index in [1.165, 1.54) is 11.3 Å². The zero-order chi connectivity index (χ0) is 13.1. The van der Waals surface area contributed by atoms with Gasteiger partial charge in [0.1, 0.15) is 6.04 Å². The summed E-state index contributed by atoms with van der Waals surface area (Å²) in [6.07, 6.45) is 1.59. The van der Waals surface area contributed by atoms with Crippen molar-refractivity contribution < 1.29 is 14.7 Å². The van der Waals surface area contributed by atoms with Gasteiger partial charge in [0.2, 0.25) is 5.91 Å². The number of carbonyl (C=O) groups excluding carboxylic acids is 1. The topological polar surface area (TPSA) is 82.5 Å². The lowest BCUT2D eigenvalue weighted by atomic mass is 10.1. The van der Waals surface area contributed by atoms with E-state index in [1.807, 2.05) is 11.8 Å². The molecule has 6 nitrogen and oxygen atoms in total. The number of thiazole rings is 1. The van der Waals surface area contributed by atoms with Crippen LogP contribution in [-0.4, -0.2) is 46.0 Å². The van der Waals surface area contributed by atoms with Crippen LogP contribution >= 0.6 is 11.3 Å². The zero-order valence-corrected chi connectivity index (χ0v) is 10.8. The van der Waals surface area contributed by atoms with Crippen LogP contribution in [0.1, 0.15) is 24.3 Å². The van der Waals surface area contributed by atoms with Crippen LogP contribution < -0.4 is 5.32 Å². The van der Waals surface area contributed by atoms with Crippen LogP contribution in [0.4, 0.5) is 0 Å². The highest BCUT2D eigenvalue weighted by Crippen LogP contribution is 2.27. The average Bonchev–Trinajstić information content (AvgIpc) is 2.84. The molecule has 1 aliphatic rings. The highest BCUT2D eigenvalue weighted by Gasteiger charge is 2.35. The minimum absolute atomic E-state index is 0.00731. The Labute approximate surface area is 109 Å². The number of hydrogen-bond acceptors (Lipinski definition) is 5. The summed E-state index contributed by atoms with van der Waals surface area (Å²) in [6.45, 7) is 3.18. The van der Waals surface area contributed by atoms with Crippen molar-refractivity contribution in [1.29, 1.82) is 0 Å². The number of nitrogens with one attached hydrogen (secondary N) is 1. The Balaban J connectivity index is 2.17. The molecule has 18 heavy (non-hydrogen) atoms. The van der Waals surface area contributed by atoms with Crippen LogP contribution in [0, 0.1) is 0 Å². The third kappa shape index (κ3) is 2.68. The second-order valence-electron chi connectivity index (χ2n) is 4.22. The quantitative estimate of drug-likeness (QED) is 0.830. The molecule has 2 unspecified atom stereocenters. The summed E-state index contributed by atoms with van der Waals surface area (Å²) in [7, 11) is 0. The molecule has 2 heterocycles. The monoisotopic (exact) mass is 269 g/mol. The molecule has 1 fully saturated rings. The first-order chi connectivity index (χ1) is 8.59. The fourth-order valence-corrected chi connectivity index (χ4v) is 2.86. The van der Waals surface area contributed by atoms with Crippen LogP contribution in [0.3, 0.4) is 0 Å². The fourth-order valence-electron chi connectivity index (χ4n) is 2.17. The molecule has 1 aromatic rings.